The van der Waals surface area contributed by atoms with E-state index in [0.29, 0.717) is 10.6 Å². The Kier molecular flexibility index (Phi) is 5.15. The molecule has 1 N–H and O–H groups in total. The Morgan fingerprint density at radius 1 is 1.09 bits per heavy atom. The molecular formula is C15H13ClFNO3S. The molecule has 0 aliphatic carbocycles. The van der Waals surface area contributed by atoms with Crippen molar-refractivity contribution in [2.24, 2.45) is 0 Å². The Labute approximate surface area is 132 Å². The lowest BCUT2D eigenvalue weighted by Gasteiger charge is -2.07. The molecule has 0 saturated heterocycles. The van der Waals surface area contributed by atoms with Gasteiger partial charge in [0.2, 0.25) is 5.91 Å². The Morgan fingerprint density at radius 3 is 2.36 bits per heavy atom. The number of benzene rings is 2. The fourth-order valence-corrected chi connectivity index (χ4v) is 3.23. The molecule has 4 nitrogen and oxygen atoms in total. The van der Waals surface area contributed by atoms with Gasteiger partial charge in [-0.25, -0.2) is 12.8 Å². The normalized spacial score (nSPS) is 11.2. The molecule has 1 amide bonds. The Balaban J connectivity index is 2.01. The summed E-state index contributed by atoms with van der Waals surface area (Å²) in [5.74, 6) is -2.40. The Morgan fingerprint density at radius 2 is 1.73 bits per heavy atom. The summed E-state index contributed by atoms with van der Waals surface area (Å²) in [5.41, 5.74) is 0.484. The van der Waals surface area contributed by atoms with Crippen molar-refractivity contribution in [2.75, 3.05) is 11.1 Å². The second-order valence-electron chi connectivity index (χ2n) is 4.69. The highest BCUT2D eigenvalue weighted by Crippen LogP contribution is 2.14. The first kappa shape index (κ1) is 16.5. The highest BCUT2D eigenvalue weighted by Gasteiger charge is 2.18. The molecule has 7 heteroatoms. The minimum absolute atomic E-state index is 0.0470. The van der Waals surface area contributed by atoms with Gasteiger partial charge in [0.1, 0.15) is 11.6 Å². The summed E-state index contributed by atoms with van der Waals surface area (Å²) in [7, 11) is -3.66. The van der Waals surface area contributed by atoms with Crippen molar-refractivity contribution in [2.45, 2.75) is 5.75 Å². The van der Waals surface area contributed by atoms with Crippen LogP contribution in [0.15, 0.2) is 48.5 Å². The van der Waals surface area contributed by atoms with Crippen molar-refractivity contribution < 1.29 is 17.6 Å². The number of sulfone groups is 1. The third kappa shape index (κ3) is 4.82. The number of amides is 1. The van der Waals surface area contributed by atoms with Gasteiger partial charge < -0.3 is 5.32 Å². The lowest BCUT2D eigenvalue weighted by atomic mass is 10.2. The van der Waals surface area contributed by atoms with Crippen LogP contribution < -0.4 is 5.32 Å². The summed E-state index contributed by atoms with van der Waals surface area (Å²) in [6.45, 7) is 0. The first-order valence-electron chi connectivity index (χ1n) is 6.35. The average Bonchev–Trinajstić information content (AvgIpc) is 2.43. The minimum atomic E-state index is -3.66. The molecule has 22 heavy (non-hydrogen) atoms. The molecule has 0 fully saturated rings. The highest BCUT2D eigenvalue weighted by atomic mass is 35.5. The summed E-state index contributed by atoms with van der Waals surface area (Å²) < 4.78 is 37.4. The second-order valence-corrected chi connectivity index (χ2v) is 7.19. The SMILES string of the molecule is O=C(CS(=O)(=O)Cc1ccc(Cl)cc1)Nc1ccccc1F. The maximum Gasteiger partial charge on any atom is 0.239 e. The van der Waals surface area contributed by atoms with Crippen LogP contribution in [-0.2, 0) is 20.4 Å². The van der Waals surface area contributed by atoms with Gasteiger partial charge in [-0.15, -0.1) is 0 Å². The lowest BCUT2D eigenvalue weighted by molar-refractivity contribution is -0.113. The zero-order chi connectivity index (χ0) is 16.2. The quantitative estimate of drug-likeness (QED) is 0.909. The first-order valence-corrected chi connectivity index (χ1v) is 8.55. The van der Waals surface area contributed by atoms with Crippen molar-refractivity contribution >= 4 is 33.0 Å². The minimum Gasteiger partial charge on any atom is -0.323 e. The predicted octanol–water partition coefficient (Wildman–Crippen LogP) is 3.03. The molecule has 116 valence electrons. The van der Waals surface area contributed by atoms with Crippen molar-refractivity contribution in [3.63, 3.8) is 0 Å². The molecule has 0 spiro atoms. The van der Waals surface area contributed by atoms with Crippen molar-refractivity contribution in [1.82, 2.24) is 0 Å². The number of anilines is 1. The first-order chi connectivity index (χ1) is 10.4. The van der Waals surface area contributed by atoms with Gasteiger partial charge in [-0.3, -0.25) is 4.79 Å². The van der Waals surface area contributed by atoms with Gasteiger partial charge in [0.15, 0.2) is 9.84 Å². The maximum absolute atomic E-state index is 13.4. The molecule has 0 aromatic heterocycles. The van der Waals surface area contributed by atoms with Crippen molar-refractivity contribution in [1.29, 1.82) is 0 Å². The largest absolute Gasteiger partial charge is 0.323 e. The standard InChI is InChI=1S/C15H13ClFNO3S/c16-12-7-5-11(6-8-12)9-22(20,21)10-15(19)18-14-4-2-1-3-13(14)17/h1-8H,9-10H2,(H,18,19). The van der Waals surface area contributed by atoms with E-state index >= 15 is 0 Å². The topological polar surface area (TPSA) is 63.2 Å². The lowest BCUT2D eigenvalue weighted by Crippen LogP contribution is -2.24. The molecule has 0 radical (unpaired) electrons. The number of nitrogens with one attached hydrogen (secondary N) is 1. The number of para-hydroxylation sites is 1. The van der Waals surface area contributed by atoms with Crippen molar-refractivity contribution in [3.05, 3.63) is 64.9 Å². The highest BCUT2D eigenvalue weighted by molar-refractivity contribution is 7.91. The average molecular weight is 342 g/mol. The summed E-state index contributed by atoms with van der Waals surface area (Å²) in [6, 6.07) is 11.9. The van der Waals surface area contributed by atoms with Gasteiger partial charge in [-0.2, -0.15) is 0 Å². The van der Waals surface area contributed by atoms with E-state index in [1.807, 2.05) is 0 Å². The van der Waals surface area contributed by atoms with E-state index in [4.69, 9.17) is 11.6 Å². The molecule has 0 saturated carbocycles. The van der Waals surface area contributed by atoms with Gasteiger partial charge in [0, 0.05) is 5.02 Å². The molecular weight excluding hydrogens is 329 g/mol. The van der Waals surface area contributed by atoms with Crippen LogP contribution in [0.5, 0.6) is 0 Å². The van der Waals surface area contributed by atoms with E-state index in [9.17, 15) is 17.6 Å². The van der Waals surface area contributed by atoms with Gasteiger partial charge in [-0.1, -0.05) is 35.9 Å². The molecule has 2 rings (SSSR count). The molecule has 0 aliphatic rings. The number of carbonyl (C=O) groups is 1. The molecule has 2 aromatic rings. The van der Waals surface area contributed by atoms with E-state index in [1.54, 1.807) is 30.3 Å². The van der Waals surface area contributed by atoms with Gasteiger partial charge in [-0.05, 0) is 29.8 Å². The van der Waals surface area contributed by atoms with E-state index in [0.717, 1.165) is 0 Å². The second kappa shape index (κ2) is 6.89. The van der Waals surface area contributed by atoms with Gasteiger partial charge in [0.25, 0.3) is 0 Å². The van der Waals surface area contributed by atoms with Crippen LogP contribution in [0.3, 0.4) is 0 Å². The van der Waals surface area contributed by atoms with Gasteiger partial charge >= 0.3 is 0 Å². The maximum atomic E-state index is 13.4. The number of hydrogen-bond donors (Lipinski definition) is 1. The third-order valence-corrected chi connectivity index (χ3v) is 4.53. The summed E-state index contributed by atoms with van der Waals surface area (Å²) in [4.78, 5) is 11.7. The zero-order valence-corrected chi connectivity index (χ0v) is 13.0. The number of carbonyl (C=O) groups excluding carboxylic acids is 1. The number of hydrogen-bond acceptors (Lipinski definition) is 3. The fraction of sp³-hybridized carbons (Fsp3) is 0.133. The Hall–Kier alpha value is -1.92. The van der Waals surface area contributed by atoms with E-state index in [-0.39, 0.29) is 11.4 Å². The van der Waals surface area contributed by atoms with Crippen LogP contribution in [0, 0.1) is 5.82 Å². The van der Waals surface area contributed by atoms with E-state index in [1.165, 1.54) is 18.2 Å². The molecule has 2 aromatic carbocycles. The molecule has 0 atom stereocenters. The van der Waals surface area contributed by atoms with Gasteiger partial charge in [0.05, 0.1) is 11.4 Å². The third-order valence-electron chi connectivity index (χ3n) is 2.80. The summed E-state index contributed by atoms with van der Waals surface area (Å²) >= 11 is 5.72. The smallest absolute Gasteiger partial charge is 0.239 e. The number of rotatable bonds is 5. The van der Waals surface area contributed by atoms with Crippen LogP contribution in [0.25, 0.3) is 0 Å². The van der Waals surface area contributed by atoms with E-state index in [2.05, 4.69) is 5.32 Å². The zero-order valence-electron chi connectivity index (χ0n) is 11.4. The van der Waals surface area contributed by atoms with Crippen LogP contribution in [0.2, 0.25) is 5.02 Å². The molecule has 0 aliphatic heterocycles. The van der Waals surface area contributed by atoms with Crippen LogP contribution >= 0.6 is 11.6 Å². The van der Waals surface area contributed by atoms with Crippen LogP contribution in [-0.4, -0.2) is 20.1 Å². The molecule has 0 bridgehead atoms. The molecule has 0 heterocycles. The van der Waals surface area contributed by atoms with Crippen LogP contribution in [0.1, 0.15) is 5.56 Å². The van der Waals surface area contributed by atoms with Crippen LogP contribution in [0.4, 0.5) is 10.1 Å². The van der Waals surface area contributed by atoms with Crippen molar-refractivity contribution in [3.8, 4) is 0 Å². The molecule has 0 unspecified atom stereocenters. The summed E-state index contributed by atoms with van der Waals surface area (Å²) in [5, 5.41) is 2.75. The summed E-state index contributed by atoms with van der Waals surface area (Å²) in [6.07, 6.45) is 0. The number of halogens is 2. The Bertz CT molecular complexity index is 776. The van der Waals surface area contributed by atoms with E-state index < -0.39 is 27.3 Å². The predicted molar refractivity (Wildman–Crippen MR) is 84.0 cm³/mol. The monoisotopic (exact) mass is 341 g/mol. The fourth-order valence-electron chi connectivity index (χ4n) is 1.83.